The van der Waals surface area contributed by atoms with Gasteiger partial charge in [0.15, 0.2) is 0 Å². The van der Waals surface area contributed by atoms with E-state index in [1.807, 2.05) is 27.7 Å². The molecule has 0 nitrogen and oxygen atoms in total. The van der Waals surface area contributed by atoms with Crippen LogP contribution in [0.2, 0.25) is 0 Å². The maximum Gasteiger partial charge on any atom is -0.0443 e. The monoisotopic (exact) mass is 144 g/mol. The molecule has 0 saturated heterocycles. The first-order chi connectivity index (χ1) is 4.89. The van der Waals surface area contributed by atoms with Crippen molar-refractivity contribution in [3.05, 3.63) is 0 Å². The van der Waals surface area contributed by atoms with Crippen LogP contribution in [0.15, 0.2) is 0 Å². The summed E-state index contributed by atoms with van der Waals surface area (Å²) in [6, 6.07) is 0. The van der Waals surface area contributed by atoms with Crippen molar-refractivity contribution < 1.29 is 0 Å². The standard InChI is InChI=1S/C6H12.2C2H6/c1-6-4-2-3-5-6;2*1-2/h6H,2-5H2,1H3;2*1-2H3. The molecule has 0 heteroatoms. The number of hydrogen-bond donors (Lipinski definition) is 0. The van der Waals surface area contributed by atoms with Crippen molar-refractivity contribution in [2.75, 3.05) is 0 Å². The van der Waals surface area contributed by atoms with Crippen molar-refractivity contribution in [3.8, 4) is 0 Å². The Balaban J connectivity index is 0. The lowest BCUT2D eigenvalue weighted by Crippen LogP contribution is -1.78. The lowest BCUT2D eigenvalue weighted by atomic mass is 10.2. The Morgan fingerprint density at radius 1 is 0.800 bits per heavy atom. The van der Waals surface area contributed by atoms with Crippen molar-refractivity contribution >= 4 is 0 Å². The molecular formula is C10H24. The predicted molar refractivity (Wildman–Crippen MR) is 50.3 cm³/mol. The quantitative estimate of drug-likeness (QED) is 0.477. The van der Waals surface area contributed by atoms with Crippen LogP contribution in [0.25, 0.3) is 0 Å². The van der Waals surface area contributed by atoms with E-state index in [1.54, 1.807) is 0 Å². The van der Waals surface area contributed by atoms with E-state index in [2.05, 4.69) is 6.92 Å². The number of rotatable bonds is 0. The Kier molecular flexibility index (Phi) is 14.9. The molecule has 1 aliphatic rings. The molecule has 0 amide bonds. The van der Waals surface area contributed by atoms with Gasteiger partial charge in [0.05, 0.1) is 0 Å². The molecular weight excluding hydrogens is 120 g/mol. The fraction of sp³-hybridized carbons (Fsp3) is 1.00. The smallest absolute Gasteiger partial charge is 0.0443 e. The zero-order chi connectivity index (χ0) is 8.41. The summed E-state index contributed by atoms with van der Waals surface area (Å²) in [4.78, 5) is 0. The fourth-order valence-electron chi connectivity index (χ4n) is 1.13. The second kappa shape index (κ2) is 11.8. The van der Waals surface area contributed by atoms with E-state index in [0.717, 1.165) is 5.92 Å². The molecule has 0 aromatic heterocycles. The fourth-order valence-corrected chi connectivity index (χ4v) is 1.13. The molecule has 1 aliphatic carbocycles. The summed E-state index contributed by atoms with van der Waals surface area (Å²) in [5.41, 5.74) is 0. The zero-order valence-electron chi connectivity index (χ0n) is 8.41. The Bertz CT molecular complexity index is 33.3. The summed E-state index contributed by atoms with van der Waals surface area (Å²) in [5, 5.41) is 0. The van der Waals surface area contributed by atoms with E-state index in [4.69, 9.17) is 0 Å². The molecule has 10 heavy (non-hydrogen) atoms. The third-order valence-corrected chi connectivity index (χ3v) is 1.64. The summed E-state index contributed by atoms with van der Waals surface area (Å²) in [6.45, 7) is 10.3. The molecule has 0 atom stereocenters. The van der Waals surface area contributed by atoms with Crippen molar-refractivity contribution in [1.29, 1.82) is 0 Å². The molecule has 0 aromatic carbocycles. The van der Waals surface area contributed by atoms with E-state index in [1.165, 1.54) is 25.7 Å². The van der Waals surface area contributed by atoms with Crippen LogP contribution in [-0.4, -0.2) is 0 Å². The Morgan fingerprint density at radius 2 is 1.10 bits per heavy atom. The predicted octanol–water partition coefficient (Wildman–Crippen LogP) is 4.25. The molecule has 0 radical (unpaired) electrons. The van der Waals surface area contributed by atoms with Crippen LogP contribution in [0, 0.1) is 5.92 Å². The van der Waals surface area contributed by atoms with Gasteiger partial charge in [-0.05, 0) is 5.92 Å². The van der Waals surface area contributed by atoms with Crippen molar-refractivity contribution in [1.82, 2.24) is 0 Å². The van der Waals surface area contributed by atoms with Gasteiger partial charge in [-0.2, -0.15) is 0 Å². The van der Waals surface area contributed by atoms with Gasteiger partial charge in [0, 0.05) is 0 Å². The van der Waals surface area contributed by atoms with E-state index in [0.29, 0.717) is 0 Å². The van der Waals surface area contributed by atoms with Gasteiger partial charge in [0.2, 0.25) is 0 Å². The summed E-state index contributed by atoms with van der Waals surface area (Å²) in [5.74, 6) is 1.05. The van der Waals surface area contributed by atoms with Gasteiger partial charge in [-0.3, -0.25) is 0 Å². The minimum Gasteiger partial charge on any atom is -0.0683 e. The van der Waals surface area contributed by atoms with Gasteiger partial charge in [-0.1, -0.05) is 60.3 Å². The van der Waals surface area contributed by atoms with Crippen LogP contribution < -0.4 is 0 Å². The van der Waals surface area contributed by atoms with Crippen LogP contribution in [0.5, 0.6) is 0 Å². The molecule has 0 aliphatic heterocycles. The molecule has 64 valence electrons. The van der Waals surface area contributed by atoms with E-state index in [-0.39, 0.29) is 0 Å². The minimum absolute atomic E-state index is 1.05. The van der Waals surface area contributed by atoms with E-state index in [9.17, 15) is 0 Å². The first kappa shape index (κ1) is 12.7. The van der Waals surface area contributed by atoms with Gasteiger partial charge in [-0.15, -0.1) is 0 Å². The molecule has 0 unspecified atom stereocenters. The van der Waals surface area contributed by atoms with E-state index < -0.39 is 0 Å². The highest BCUT2D eigenvalue weighted by Crippen LogP contribution is 2.22. The van der Waals surface area contributed by atoms with Crippen LogP contribution in [0.1, 0.15) is 60.3 Å². The van der Waals surface area contributed by atoms with Gasteiger partial charge >= 0.3 is 0 Å². The highest BCUT2D eigenvalue weighted by atomic mass is 14.1. The van der Waals surface area contributed by atoms with Crippen LogP contribution in [0.4, 0.5) is 0 Å². The SMILES string of the molecule is CC.CC.CC1CCCC1. The molecule has 0 spiro atoms. The maximum atomic E-state index is 2.34. The molecule has 0 bridgehead atoms. The summed E-state index contributed by atoms with van der Waals surface area (Å²) < 4.78 is 0. The second-order valence-electron chi connectivity index (χ2n) is 2.39. The molecule has 0 N–H and O–H groups in total. The molecule has 0 aromatic rings. The topological polar surface area (TPSA) is 0 Å². The van der Waals surface area contributed by atoms with E-state index >= 15 is 0 Å². The third kappa shape index (κ3) is 8.00. The largest absolute Gasteiger partial charge is 0.0683 e. The summed E-state index contributed by atoms with van der Waals surface area (Å²) in [6.07, 6.45) is 5.95. The lowest BCUT2D eigenvalue weighted by Gasteiger charge is -1.91. The first-order valence-corrected chi connectivity index (χ1v) is 4.89. The zero-order valence-corrected chi connectivity index (χ0v) is 8.41. The van der Waals surface area contributed by atoms with Gasteiger partial charge in [0.1, 0.15) is 0 Å². The average Bonchev–Trinajstić information content (AvgIpc) is 2.48. The van der Waals surface area contributed by atoms with Gasteiger partial charge in [-0.25, -0.2) is 0 Å². The Labute approximate surface area is 67.0 Å². The van der Waals surface area contributed by atoms with Crippen LogP contribution in [0.3, 0.4) is 0 Å². The molecule has 0 heterocycles. The second-order valence-corrected chi connectivity index (χ2v) is 2.39. The molecule has 1 fully saturated rings. The highest BCUT2D eigenvalue weighted by molar-refractivity contribution is 4.60. The first-order valence-electron chi connectivity index (χ1n) is 4.89. The molecule has 1 saturated carbocycles. The van der Waals surface area contributed by atoms with Crippen molar-refractivity contribution in [2.45, 2.75) is 60.3 Å². The average molecular weight is 144 g/mol. The van der Waals surface area contributed by atoms with Gasteiger partial charge in [0.25, 0.3) is 0 Å². The Morgan fingerprint density at radius 3 is 1.20 bits per heavy atom. The third-order valence-electron chi connectivity index (χ3n) is 1.64. The maximum absolute atomic E-state index is 2.34. The summed E-state index contributed by atoms with van der Waals surface area (Å²) in [7, 11) is 0. The normalized spacial score (nSPS) is 16.5. The minimum atomic E-state index is 1.05. The Hall–Kier alpha value is 0. The highest BCUT2D eigenvalue weighted by Gasteiger charge is 2.07. The van der Waals surface area contributed by atoms with Crippen molar-refractivity contribution in [2.24, 2.45) is 5.92 Å². The van der Waals surface area contributed by atoms with Gasteiger partial charge < -0.3 is 0 Å². The van der Waals surface area contributed by atoms with Crippen LogP contribution >= 0.6 is 0 Å². The molecule has 1 rings (SSSR count). The lowest BCUT2D eigenvalue weighted by molar-refractivity contribution is 0.612. The number of hydrogen-bond acceptors (Lipinski definition) is 0. The van der Waals surface area contributed by atoms with Crippen LogP contribution in [-0.2, 0) is 0 Å². The van der Waals surface area contributed by atoms with Crippen molar-refractivity contribution in [3.63, 3.8) is 0 Å². The summed E-state index contributed by atoms with van der Waals surface area (Å²) >= 11 is 0.